The number of ketones is 1. The SMILES string of the molecule is C=C[C@@H]1C[C@]1(CC(=O)[C@@H]1C[C@]2(CC(c3cccc(Cl)c3)=NO2)CN1C(=O)[C@@H](NC(=O)OC(C)(C)C)C(C)(C)C)C(=O)O. The molecule has 2 N–H and O–H groups in total. The maximum Gasteiger partial charge on any atom is 0.408 e. The number of nitrogens with one attached hydrogen (secondary N) is 1. The molecule has 0 unspecified atom stereocenters. The number of halogens is 1. The van der Waals surface area contributed by atoms with Crippen LogP contribution >= 0.6 is 11.6 Å². The fraction of sp³-hybridized carbons (Fsp3) is 0.581. The number of rotatable bonds is 8. The third-order valence-electron chi connectivity index (χ3n) is 8.16. The molecule has 1 spiro atoms. The number of amides is 2. The number of carboxylic acid groups (broad SMARTS) is 1. The molecule has 228 valence electrons. The molecular formula is C31H40ClN3O7. The Kier molecular flexibility index (Phi) is 8.28. The summed E-state index contributed by atoms with van der Waals surface area (Å²) in [7, 11) is 0. The van der Waals surface area contributed by atoms with Gasteiger partial charge in [0.25, 0.3) is 0 Å². The van der Waals surface area contributed by atoms with Gasteiger partial charge in [-0.25, -0.2) is 4.79 Å². The summed E-state index contributed by atoms with van der Waals surface area (Å²) < 4.78 is 5.42. The maximum absolute atomic E-state index is 14.2. The fourth-order valence-electron chi connectivity index (χ4n) is 5.84. The minimum Gasteiger partial charge on any atom is -0.481 e. The van der Waals surface area contributed by atoms with E-state index < -0.39 is 52.1 Å². The zero-order valence-electron chi connectivity index (χ0n) is 25.0. The van der Waals surface area contributed by atoms with Gasteiger partial charge in [-0.05, 0) is 50.7 Å². The summed E-state index contributed by atoms with van der Waals surface area (Å²) in [5.74, 6) is -2.25. The van der Waals surface area contributed by atoms with Crippen LogP contribution in [0.1, 0.15) is 72.8 Å². The Bertz CT molecular complexity index is 1330. The second-order valence-corrected chi connectivity index (χ2v) is 14.2. The molecule has 0 bridgehead atoms. The predicted octanol–water partition coefficient (Wildman–Crippen LogP) is 4.98. The number of likely N-dealkylation sites (tertiary alicyclic amines) is 1. The number of carbonyl (C=O) groups excluding carboxylic acids is 3. The Morgan fingerprint density at radius 2 is 1.93 bits per heavy atom. The lowest BCUT2D eigenvalue weighted by molar-refractivity contribution is -0.147. The molecule has 10 nitrogen and oxygen atoms in total. The van der Waals surface area contributed by atoms with Crippen molar-refractivity contribution in [2.24, 2.45) is 21.9 Å². The van der Waals surface area contributed by atoms with E-state index in [0.717, 1.165) is 5.56 Å². The zero-order valence-corrected chi connectivity index (χ0v) is 25.8. The topological polar surface area (TPSA) is 135 Å². The molecule has 2 heterocycles. The van der Waals surface area contributed by atoms with Crippen molar-refractivity contribution in [1.29, 1.82) is 0 Å². The number of aliphatic carboxylic acids is 1. The standard InChI is InChI=1S/C31H40ClN3O7/c1-8-19-13-31(19,26(38)39)16-23(36)22-15-30(14-21(34-42-30)18-10-9-11-20(32)12-18)17-35(22)25(37)24(28(2,3)4)33-27(40)41-29(5,6)7/h8-12,19,22,24H,1,13-17H2,2-7H3,(H,33,40)(H,38,39)/t19-,22+,24-,30-,31-/m1/s1. The molecule has 0 radical (unpaired) electrons. The van der Waals surface area contributed by atoms with Crippen molar-refractivity contribution in [2.45, 2.75) is 90.5 Å². The molecule has 0 aromatic heterocycles. The lowest BCUT2D eigenvalue weighted by atomic mass is 9.85. The van der Waals surface area contributed by atoms with Gasteiger partial charge in [0, 0.05) is 29.8 Å². The Hall–Kier alpha value is -3.40. The van der Waals surface area contributed by atoms with Crippen molar-refractivity contribution in [3.63, 3.8) is 0 Å². The summed E-state index contributed by atoms with van der Waals surface area (Å²) in [6.45, 7) is 14.3. The summed E-state index contributed by atoms with van der Waals surface area (Å²) in [6, 6.07) is 5.16. The van der Waals surface area contributed by atoms with Crippen LogP contribution in [0.5, 0.6) is 0 Å². The molecule has 2 aliphatic heterocycles. The van der Waals surface area contributed by atoms with Gasteiger partial charge in [-0.15, -0.1) is 6.58 Å². The highest BCUT2D eigenvalue weighted by Gasteiger charge is 2.62. The maximum atomic E-state index is 14.2. The Morgan fingerprint density at radius 3 is 2.48 bits per heavy atom. The Balaban J connectivity index is 1.64. The highest BCUT2D eigenvalue weighted by molar-refractivity contribution is 6.31. The number of Topliss-reactive ketones (excluding diaryl/α,β-unsaturated/α-hetero) is 1. The number of hydrogen-bond donors (Lipinski definition) is 2. The third-order valence-corrected chi connectivity index (χ3v) is 8.39. The second kappa shape index (κ2) is 11.0. The molecule has 42 heavy (non-hydrogen) atoms. The van der Waals surface area contributed by atoms with Gasteiger partial charge >= 0.3 is 12.1 Å². The summed E-state index contributed by atoms with van der Waals surface area (Å²) in [6.07, 6.45) is 1.32. The van der Waals surface area contributed by atoms with Crippen molar-refractivity contribution >= 4 is 41.1 Å². The van der Waals surface area contributed by atoms with Gasteiger partial charge in [0.05, 0.1) is 23.7 Å². The first-order valence-corrected chi connectivity index (χ1v) is 14.5. The summed E-state index contributed by atoms with van der Waals surface area (Å²) in [5.41, 5.74) is -2.37. The lowest BCUT2D eigenvalue weighted by Gasteiger charge is -2.36. The number of oxime groups is 1. The van der Waals surface area contributed by atoms with Crippen LogP contribution in [-0.4, -0.2) is 69.3 Å². The van der Waals surface area contributed by atoms with Gasteiger partial charge < -0.3 is 24.9 Å². The van der Waals surface area contributed by atoms with Crippen molar-refractivity contribution in [3.05, 3.63) is 47.5 Å². The van der Waals surface area contributed by atoms with Gasteiger partial charge in [0.15, 0.2) is 11.4 Å². The summed E-state index contributed by atoms with van der Waals surface area (Å²) >= 11 is 6.19. The average Bonchev–Trinajstić information content (AvgIpc) is 3.23. The minimum absolute atomic E-state index is 0.0311. The van der Waals surface area contributed by atoms with Crippen LogP contribution < -0.4 is 5.32 Å². The first-order chi connectivity index (χ1) is 19.4. The van der Waals surface area contributed by atoms with Crippen LogP contribution in [-0.2, 0) is 24.0 Å². The number of ether oxygens (including phenoxy) is 1. The molecule has 3 aliphatic rings. The van der Waals surface area contributed by atoms with Crippen LogP contribution in [0.3, 0.4) is 0 Å². The van der Waals surface area contributed by atoms with Crippen molar-refractivity contribution in [2.75, 3.05) is 6.54 Å². The van der Waals surface area contributed by atoms with Crippen LogP contribution in [0.4, 0.5) is 4.79 Å². The summed E-state index contributed by atoms with van der Waals surface area (Å²) in [4.78, 5) is 60.5. The molecule has 11 heteroatoms. The third kappa shape index (κ3) is 6.48. The fourth-order valence-corrected chi connectivity index (χ4v) is 6.03. The van der Waals surface area contributed by atoms with Crippen molar-refractivity contribution < 1.29 is 33.9 Å². The van der Waals surface area contributed by atoms with Crippen LogP contribution in [0.25, 0.3) is 0 Å². The highest BCUT2D eigenvalue weighted by atomic mass is 35.5. The molecule has 1 aromatic carbocycles. The largest absolute Gasteiger partial charge is 0.481 e. The average molecular weight is 602 g/mol. The van der Waals surface area contributed by atoms with Gasteiger partial charge in [0.1, 0.15) is 11.6 Å². The molecule has 1 saturated carbocycles. The first-order valence-electron chi connectivity index (χ1n) is 14.1. The Labute approximate surface area is 251 Å². The van der Waals surface area contributed by atoms with Crippen LogP contribution in [0.15, 0.2) is 42.1 Å². The smallest absolute Gasteiger partial charge is 0.408 e. The van der Waals surface area contributed by atoms with Gasteiger partial charge in [-0.3, -0.25) is 14.4 Å². The number of nitrogens with zero attached hydrogens (tertiary/aromatic N) is 2. The number of alkyl carbamates (subject to hydrolysis) is 1. The molecule has 1 aromatic rings. The van der Waals surface area contributed by atoms with E-state index in [1.54, 1.807) is 65.8 Å². The monoisotopic (exact) mass is 601 g/mol. The number of hydrogen-bond acceptors (Lipinski definition) is 7. The van der Waals surface area contributed by atoms with E-state index in [4.69, 9.17) is 21.2 Å². The van der Waals surface area contributed by atoms with Crippen LogP contribution in [0, 0.1) is 16.7 Å². The van der Waals surface area contributed by atoms with Gasteiger partial charge in [0.2, 0.25) is 5.91 Å². The normalized spacial score (nSPS) is 27.6. The molecule has 1 saturated heterocycles. The summed E-state index contributed by atoms with van der Waals surface area (Å²) in [5, 5.41) is 17.5. The van der Waals surface area contributed by atoms with E-state index in [1.165, 1.54) is 4.90 Å². The molecule has 5 atom stereocenters. The van der Waals surface area contributed by atoms with E-state index in [2.05, 4.69) is 17.1 Å². The van der Waals surface area contributed by atoms with Crippen molar-refractivity contribution in [1.82, 2.24) is 10.2 Å². The molecule has 1 aliphatic carbocycles. The van der Waals surface area contributed by atoms with E-state index >= 15 is 0 Å². The quantitative estimate of drug-likeness (QED) is 0.401. The van der Waals surface area contributed by atoms with E-state index in [-0.39, 0.29) is 31.1 Å². The van der Waals surface area contributed by atoms with E-state index in [1.807, 2.05) is 6.07 Å². The van der Waals surface area contributed by atoms with Crippen molar-refractivity contribution in [3.8, 4) is 0 Å². The number of carbonyl (C=O) groups is 4. The molecule has 2 fully saturated rings. The lowest BCUT2D eigenvalue weighted by Crippen LogP contribution is -2.57. The number of benzene rings is 1. The highest BCUT2D eigenvalue weighted by Crippen LogP contribution is 2.57. The first kappa shape index (κ1) is 31.5. The predicted molar refractivity (Wildman–Crippen MR) is 157 cm³/mol. The zero-order chi connectivity index (χ0) is 31.3. The molecular weight excluding hydrogens is 562 g/mol. The second-order valence-electron chi connectivity index (χ2n) is 13.8. The van der Waals surface area contributed by atoms with Gasteiger partial charge in [-0.1, -0.05) is 55.7 Å². The van der Waals surface area contributed by atoms with E-state index in [0.29, 0.717) is 23.6 Å². The molecule has 4 rings (SSSR count). The minimum atomic E-state index is -1.24. The number of carboxylic acids is 1. The van der Waals surface area contributed by atoms with Crippen LogP contribution in [0.2, 0.25) is 5.02 Å². The number of allylic oxidation sites excluding steroid dienone is 1. The van der Waals surface area contributed by atoms with Gasteiger partial charge in [-0.2, -0.15) is 0 Å². The Morgan fingerprint density at radius 1 is 1.24 bits per heavy atom. The molecule has 2 amide bonds. The van der Waals surface area contributed by atoms with E-state index in [9.17, 15) is 24.3 Å².